The summed E-state index contributed by atoms with van der Waals surface area (Å²) >= 11 is 5.92. The van der Waals surface area contributed by atoms with Crippen molar-refractivity contribution >= 4 is 19.2 Å². The molecule has 2 atom stereocenters. The quantitative estimate of drug-likeness (QED) is 0.412. The SMILES string of the molecule is CCOP(=O)(OCC)[C@@]1(Cl)O[C@@H]1C. The third-order valence-corrected chi connectivity index (χ3v) is 5.19. The second-order valence-corrected chi connectivity index (χ2v) is 5.70. The summed E-state index contributed by atoms with van der Waals surface area (Å²) in [5, 5.41) is 0. The summed E-state index contributed by atoms with van der Waals surface area (Å²) in [5.41, 5.74) is 0. The molecule has 4 nitrogen and oxygen atoms in total. The second kappa shape index (κ2) is 3.87. The van der Waals surface area contributed by atoms with Gasteiger partial charge in [-0.05, 0) is 20.8 Å². The normalized spacial score (nSPS) is 33.4. The summed E-state index contributed by atoms with van der Waals surface area (Å²) in [7, 11) is -3.30. The van der Waals surface area contributed by atoms with Crippen LogP contribution in [0, 0.1) is 0 Å². The van der Waals surface area contributed by atoms with E-state index >= 15 is 0 Å². The molecule has 1 aliphatic heterocycles. The molecule has 0 bridgehead atoms. The average Bonchev–Trinajstić information content (AvgIpc) is 2.62. The summed E-state index contributed by atoms with van der Waals surface area (Å²) in [6.45, 7) is 5.79. The van der Waals surface area contributed by atoms with Crippen LogP contribution in [0.2, 0.25) is 0 Å². The summed E-state index contributed by atoms with van der Waals surface area (Å²) in [4.78, 5) is -1.25. The monoisotopic (exact) mass is 228 g/mol. The lowest BCUT2D eigenvalue weighted by atomic mass is 10.6. The molecule has 0 spiro atoms. The second-order valence-electron chi connectivity index (χ2n) is 2.70. The Hall–Kier alpha value is 0.400. The Morgan fingerprint density at radius 2 is 1.85 bits per heavy atom. The standard InChI is InChI=1S/C7H14ClO4P/c1-4-10-13(9,11-5-2)7(8)6(3)12-7/h6H,4-5H2,1-3H3/t6-,7+/m1/s1. The molecule has 0 aromatic rings. The van der Waals surface area contributed by atoms with Crippen molar-refractivity contribution in [2.24, 2.45) is 0 Å². The number of hydrogen-bond donors (Lipinski definition) is 0. The van der Waals surface area contributed by atoms with E-state index in [-0.39, 0.29) is 6.10 Å². The number of halogens is 1. The number of rotatable bonds is 5. The Kier molecular flexibility index (Phi) is 3.42. The van der Waals surface area contributed by atoms with E-state index in [0.717, 1.165) is 0 Å². The number of epoxide rings is 1. The van der Waals surface area contributed by atoms with Gasteiger partial charge in [-0.25, -0.2) is 0 Å². The molecule has 0 aromatic carbocycles. The lowest BCUT2D eigenvalue weighted by Crippen LogP contribution is -2.11. The van der Waals surface area contributed by atoms with Crippen LogP contribution in [0.1, 0.15) is 20.8 Å². The first kappa shape index (κ1) is 11.5. The smallest absolute Gasteiger partial charge is 0.339 e. The van der Waals surface area contributed by atoms with Crippen LogP contribution in [0.15, 0.2) is 0 Å². The van der Waals surface area contributed by atoms with Gasteiger partial charge in [-0.3, -0.25) is 4.57 Å². The first-order chi connectivity index (χ1) is 6.00. The van der Waals surface area contributed by atoms with Crippen LogP contribution >= 0.6 is 19.2 Å². The van der Waals surface area contributed by atoms with Gasteiger partial charge in [0.25, 0.3) is 4.80 Å². The molecule has 0 amide bonds. The molecule has 0 aliphatic carbocycles. The number of alkyl halides is 1. The predicted octanol–water partition coefficient (Wildman–Crippen LogP) is 2.56. The van der Waals surface area contributed by atoms with E-state index in [1.165, 1.54) is 0 Å². The average molecular weight is 229 g/mol. The minimum absolute atomic E-state index is 0.280. The molecule has 1 heterocycles. The summed E-state index contributed by atoms with van der Waals surface area (Å²) < 4.78 is 27.1. The van der Waals surface area contributed by atoms with Gasteiger partial charge in [-0.1, -0.05) is 11.6 Å². The maximum absolute atomic E-state index is 12.0. The molecule has 1 aliphatic rings. The molecule has 0 N–H and O–H groups in total. The highest BCUT2D eigenvalue weighted by molar-refractivity contribution is 7.58. The van der Waals surface area contributed by atoms with Gasteiger partial charge >= 0.3 is 7.60 Å². The minimum atomic E-state index is -3.30. The van der Waals surface area contributed by atoms with Gasteiger partial charge in [0.05, 0.1) is 13.2 Å². The third-order valence-electron chi connectivity index (χ3n) is 1.76. The lowest BCUT2D eigenvalue weighted by Gasteiger charge is -2.18. The van der Waals surface area contributed by atoms with Crippen LogP contribution < -0.4 is 0 Å². The van der Waals surface area contributed by atoms with Crippen LogP contribution in [0.5, 0.6) is 0 Å². The molecule has 0 aromatic heterocycles. The molecular formula is C7H14ClO4P. The van der Waals surface area contributed by atoms with Crippen molar-refractivity contribution in [2.45, 2.75) is 31.7 Å². The van der Waals surface area contributed by atoms with Crippen molar-refractivity contribution in [2.75, 3.05) is 13.2 Å². The molecule has 6 heteroatoms. The van der Waals surface area contributed by atoms with Crippen molar-refractivity contribution in [3.63, 3.8) is 0 Å². The van der Waals surface area contributed by atoms with Gasteiger partial charge in [0.15, 0.2) is 0 Å². The molecule has 1 saturated heterocycles. The summed E-state index contributed by atoms with van der Waals surface area (Å²) in [5.74, 6) is 0. The third kappa shape index (κ3) is 1.92. The lowest BCUT2D eigenvalue weighted by molar-refractivity contribution is 0.202. The van der Waals surface area contributed by atoms with E-state index < -0.39 is 12.4 Å². The first-order valence-electron chi connectivity index (χ1n) is 4.26. The summed E-state index contributed by atoms with van der Waals surface area (Å²) in [6.07, 6.45) is -0.280. The van der Waals surface area contributed by atoms with E-state index in [0.29, 0.717) is 13.2 Å². The Morgan fingerprint density at radius 1 is 1.46 bits per heavy atom. The minimum Gasteiger partial charge on any atom is -0.339 e. The van der Waals surface area contributed by atoms with Gasteiger partial charge in [-0.15, -0.1) is 0 Å². The summed E-state index contributed by atoms with van der Waals surface area (Å²) in [6, 6.07) is 0. The molecule has 78 valence electrons. The van der Waals surface area contributed by atoms with E-state index in [4.69, 9.17) is 25.4 Å². The van der Waals surface area contributed by atoms with Crippen molar-refractivity contribution in [3.8, 4) is 0 Å². The topological polar surface area (TPSA) is 48.1 Å². The van der Waals surface area contributed by atoms with E-state index in [2.05, 4.69) is 0 Å². The molecule has 0 saturated carbocycles. The highest BCUT2D eigenvalue weighted by Gasteiger charge is 2.68. The van der Waals surface area contributed by atoms with E-state index in [1.54, 1.807) is 20.8 Å². The highest BCUT2D eigenvalue weighted by Crippen LogP contribution is 2.71. The largest absolute Gasteiger partial charge is 0.380 e. The van der Waals surface area contributed by atoms with Crippen LogP contribution in [0.3, 0.4) is 0 Å². The molecule has 1 fully saturated rings. The van der Waals surface area contributed by atoms with Crippen LogP contribution in [-0.2, 0) is 18.3 Å². The van der Waals surface area contributed by atoms with Gasteiger partial charge in [0.1, 0.15) is 6.10 Å². The van der Waals surface area contributed by atoms with Crippen molar-refractivity contribution < 1.29 is 18.3 Å². The Bertz CT molecular complexity index is 225. The molecule has 0 radical (unpaired) electrons. The molecule has 0 unspecified atom stereocenters. The Balaban J connectivity index is 2.73. The zero-order valence-corrected chi connectivity index (χ0v) is 9.60. The first-order valence-corrected chi connectivity index (χ1v) is 6.18. The molecular weight excluding hydrogens is 214 g/mol. The van der Waals surface area contributed by atoms with Crippen LogP contribution in [0.4, 0.5) is 0 Å². The van der Waals surface area contributed by atoms with Crippen LogP contribution in [0.25, 0.3) is 0 Å². The Morgan fingerprint density at radius 3 is 2.08 bits per heavy atom. The number of hydrogen-bond acceptors (Lipinski definition) is 4. The zero-order chi connectivity index (χ0) is 10.1. The van der Waals surface area contributed by atoms with Gasteiger partial charge in [0.2, 0.25) is 0 Å². The fraction of sp³-hybridized carbons (Fsp3) is 1.00. The maximum atomic E-state index is 12.0. The molecule has 1 rings (SSSR count). The molecule has 13 heavy (non-hydrogen) atoms. The van der Waals surface area contributed by atoms with Crippen molar-refractivity contribution in [3.05, 3.63) is 0 Å². The van der Waals surface area contributed by atoms with E-state index in [1.807, 2.05) is 0 Å². The van der Waals surface area contributed by atoms with Gasteiger partial charge < -0.3 is 13.8 Å². The fourth-order valence-corrected chi connectivity index (χ4v) is 3.32. The zero-order valence-electron chi connectivity index (χ0n) is 7.95. The highest BCUT2D eigenvalue weighted by atomic mass is 35.5. The predicted molar refractivity (Wildman–Crippen MR) is 50.0 cm³/mol. The van der Waals surface area contributed by atoms with Gasteiger partial charge in [-0.2, -0.15) is 0 Å². The van der Waals surface area contributed by atoms with Crippen LogP contribution in [-0.4, -0.2) is 24.1 Å². The van der Waals surface area contributed by atoms with E-state index in [9.17, 15) is 4.57 Å². The Labute approximate surface area is 83.0 Å². The van der Waals surface area contributed by atoms with Crippen molar-refractivity contribution in [1.29, 1.82) is 0 Å². The fourth-order valence-electron chi connectivity index (χ4n) is 1.05. The maximum Gasteiger partial charge on any atom is 0.380 e. The number of ether oxygens (including phenoxy) is 1. The van der Waals surface area contributed by atoms with Gasteiger partial charge in [0, 0.05) is 0 Å². The van der Waals surface area contributed by atoms with Crippen molar-refractivity contribution in [1.82, 2.24) is 0 Å².